The number of hydrogen-bond donors (Lipinski definition) is 2. The van der Waals surface area contributed by atoms with Gasteiger partial charge in [-0.05, 0) is 48.0 Å². The van der Waals surface area contributed by atoms with Crippen LogP contribution in [0.25, 0.3) is 12.2 Å². The lowest BCUT2D eigenvalue weighted by molar-refractivity contribution is -0.113. The average molecular weight is 462 g/mol. The first-order valence-corrected chi connectivity index (χ1v) is 11.5. The lowest BCUT2D eigenvalue weighted by atomic mass is 10.2. The van der Waals surface area contributed by atoms with E-state index in [9.17, 15) is 17.6 Å². The number of benzene rings is 2. The van der Waals surface area contributed by atoms with Crippen LogP contribution in [-0.2, 0) is 14.8 Å². The molecule has 0 atom stereocenters. The molecule has 1 amide bonds. The molecule has 1 heterocycles. The number of thioether (sulfide) groups is 1. The molecule has 0 saturated heterocycles. The third-order valence-electron chi connectivity index (χ3n) is 4.03. The van der Waals surface area contributed by atoms with Gasteiger partial charge in [0.2, 0.25) is 21.1 Å². The van der Waals surface area contributed by atoms with E-state index >= 15 is 0 Å². The number of nitrogens with one attached hydrogen (secondary N) is 2. The monoisotopic (exact) mass is 461 g/mol. The smallest absolute Gasteiger partial charge is 0.242 e. The highest BCUT2D eigenvalue weighted by atomic mass is 32.2. The van der Waals surface area contributed by atoms with Crippen molar-refractivity contribution in [2.45, 2.75) is 10.1 Å². The molecular formula is C20H20FN5O3S2. The van der Waals surface area contributed by atoms with Crippen LogP contribution in [0.5, 0.6) is 0 Å². The number of amides is 1. The van der Waals surface area contributed by atoms with Gasteiger partial charge in [-0.2, -0.15) is 0 Å². The van der Waals surface area contributed by atoms with E-state index in [0.29, 0.717) is 16.7 Å². The van der Waals surface area contributed by atoms with Crippen molar-refractivity contribution in [3.8, 4) is 0 Å². The fourth-order valence-corrected chi connectivity index (χ4v) is 3.90. The van der Waals surface area contributed by atoms with Crippen molar-refractivity contribution in [1.82, 2.24) is 19.5 Å². The van der Waals surface area contributed by atoms with Gasteiger partial charge in [0.05, 0.1) is 10.6 Å². The standard InChI is InChI=1S/C20H20FN5O3S2/c1-26(2)31(28,29)17-10-8-16(9-11-17)22-19(27)13-30-20-23-18(24-25-20)12-5-14-3-6-15(21)7-4-14/h3-12H,13H2,1-2H3,(H,22,27)(H,23,24,25)/b12-5-. The molecule has 2 aromatic carbocycles. The first-order valence-electron chi connectivity index (χ1n) is 9.05. The van der Waals surface area contributed by atoms with Gasteiger partial charge in [0.25, 0.3) is 0 Å². The number of carbonyl (C=O) groups excluding carboxylic acids is 1. The van der Waals surface area contributed by atoms with Gasteiger partial charge in [-0.25, -0.2) is 22.1 Å². The lowest BCUT2D eigenvalue weighted by Crippen LogP contribution is -2.22. The maximum atomic E-state index is 12.9. The van der Waals surface area contributed by atoms with E-state index < -0.39 is 10.0 Å². The zero-order chi connectivity index (χ0) is 22.4. The van der Waals surface area contributed by atoms with Crippen molar-refractivity contribution in [2.24, 2.45) is 0 Å². The zero-order valence-electron chi connectivity index (χ0n) is 16.7. The second-order valence-electron chi connectivity index (χ2n) is 6.54. The van der Waals surface area contributed by atoms with E-state index in [1.165, 1.54) is 50.5 Å². The number of H-pyrrole nitrogens is 1. The van der Waals surface area contributed by atoms with Crippen molar-refractivity contribution >= 4 is 45.5 Å². The minimum Gasteiger partial charge on any atom is -0.325 e. The van der Waals surface area contributed by atoms with Crippen molar-refractivity contribution in [2.75, 3.05) is 25.2 Å². The summed E-state index contributed by atoms with van der Waals surface area (Å²) in [4.78, 5) is 16.6. The van der Waals surface area contributed by atoms with Gasteiger partial charge in [-0.3, -0.25) is 9.89 Å². The molecule has 3 aromatic rings. The van der Waals surface area contributed by atoms with E-state index in [4.69, 9.17) is 0 Å². The van der Waals surface area contributed by atoms with Crippen molar-refractivity contribution in [3.05, 3.63) is 65.7 Å². The summed E-state index contributed by atoms with van der Waals surface area (Å²) >= 11 is 1.15. The third-order valence-corrected chi connectivity index (χ3v) is 6.71. The maximum absolute atomic E-state index is 12.9. The molecule has 0 bridgehead atoms. The topological polar surface area (TPSA) is 108 Å². The molecule has 0 saturated carbocycles. The van der Waals surface area contributed by atoms with Gasteiger partial charge in [-0.1, -0.05) is 30.0 Å². The number of nitrogens with zero attached hydrogens (tertiary/aromatic N) is 3. The van der Waals surface area contributed by atoms with E-state index in [-0.39, 0.29) is 22.4 Å². The van der Waals surface area contributed by atoms with Crippen LogP contribution < -0.4 is 5.32 Å². The van der Waals surface area contributed by atoms with Crippen LogP contribution in [0.2, 0.25) is 0 Å². The summed E-state index contributed by atoms with van der Waals surface area (Å²) in [7, 11) is -0.609. The fourth-order valence-electron chi connectivity index (χ4n) is 2.39. The summed E-state index contributed by atoms with van der Waals surface area (Å²) in [5.41, 5.74) is 1.30. The van der Waals surface area contributed by atoms with E-state index in [1.54, 1.807) is 24.3 Å². The molecule has 0 fully saturated rings. The van der Waals surface area contributed by atoms with E-state index in [0.717, 1.165) is 21.6 Å². The highest BCUT2D eigenvalue weighted by Gasteiger charge is 2.16. The number of sulfonamides is 1. The van der Waals surface area contributed by atoms with Crippen LogP contribution in [0.15, 0.2) is 58.6 Å². The highest BCUT2D eigenvalue weighted by Crippen LogP contribution is 2.18. The van der Waals surface area contributed by atoms with E-state index in [2.05, 4.69) is 20.5 Å². The summed E-state index contributed by atoms with van der Waals surface area (Å²) in [5, 5.41) is 9.90. The molecule has 1 aromatic heterocycles. The van der Waals surface area contributed by atoms with E-state index in [1.807, 2.05) is 0 Å². The minimum atomic E-state index is -3.52. The Hall–Kier alpha value is -3.02. The number of anilines is 1. The summed E-state index contributed by atoms with van der Waals surface area (Å²) in [5.74, 6) is 0.00569. The third kappa shape index (κ3) is 6.23. The summed E-state index contributed by atoms with van der Waals surface area (Å²) in [6.07, 6.45) is 3.47. The fraction of sp³-hybridized carbons (Fsp3) is 0.150. The first-order chi connectivity index (χ1) is 14.7. The van der Waals surface area contributed by atoms with Crippen LogP contribution >= 0.6 is 11.8 Å². The zero-order valence-corrected chi connectivity index (χ0v) is 18.4. The molecule has 0 radical (unpaired) electrons. The van der Waals surface area contributed by atoms with Crippen LogP contribution in [0.4, 0.5) is 10.1 Å². The van der Waals surface area contributed by atoms with Crippen LogP contribution in [0, 0.1) is 5.82 Å². The largest absolute Gasteiger partial charge is 0.325 e. The highest BCUT2D eigenvalue weighted by molar-refractivity contribution is 7.99. The van der Waals surface area contributed by atoms with Gasteiger partial charge in [0, 0.05) is 19.8 Å². The summed E-state index contributed by atoms with van der Waals surface area (Å²) in [6.45, 7) is 0. The molecule has 8 nitrogen and oxygen atoms in total. The number of aromatic amines is 1. The van der Waals surface area contributed by atoms with Crippen LogP contribution in [0.1, 0.15) is 11.4 Å². The van der Waals surface area contributed by atoms with Gasteiger partial charge in [0.1, 0.15) is 11.6 Å². The quantitative estimate of drug-likeness (QED) is 0.499. The lowest BCUT2D eigenvalue weighted by Gasteiger charge is -2.11. The molecule has 0 spiro atoms. The number of aromatic nitrogens is 3. The SMILES string of the molecule is CN(C)S(=O)(=O)c1ccc(NC(=O)CSc2n[nH]c(/C=C\c3ccc(F)cc3)n2)cc1. The Kier molecular flexibility index (Phi) is 7.21. The summed E-state index contributed by atoms with van der Waals surface area (Å²) in [6, 6.07) is 12.0. The summed E-state index contributed by atoms with van der Waals surface area (Å²) < 4.78 is 38.2. The Bertz CT molecular complexity index is 1170. The van der Waals surface area contributed by atoms with Gasteiger partial charge in [0.15, 0.2) is 0 Å². The van der Waals surface area contributed by atoms with Gasteiger partial charge < -0.3 is 5.32 Å². The molecule has 3 rings (SSSR count). The van der Waals surface area contributed by atoms with Crippen LogP contribution in [0.3, 0.4) is 0 Å². The minimum absolute atomic E-state index is 0.0801. The molecular weight excluding hydrogens is 441 g/mol. The molecule has 0 aliphatic rings. The Morgan fingerprint density at radius 3 is 2.45 bits per heavy atom. The second kappa shape index (κ2) is 9.86. The first kappa shape index (κ1) is 22.7. The molecule has 11 heteroatoms. The number of hydrogen-bond acceptors (Lipinski definition) is 6. The number of halogens is 1. The molecule has 2 N–H and O–H groups in total. The Morgan fingerprint density at radius 1 is 1.13 bits per heavy atom. The van der Waals surface area contributed by atoms with Crippen molar-refractivity contribution in [1.29, 1.82) is 0 Å². The molecule has 0 unspecified atom stereocenters. The van der Waals surface area contributed by atoms with Crippen molar-refractivity contribution in [3.63, 3.8) is 0 Å². The molecule has 0 aliphatic carbocycles. The van der Waals surface area contributed by atoms with Crippen molar-refractivity contribution < 1.29 is 17.6 Å². The molecule has 0 aliphatic heterocycles. The Balaban J connectivity index is 1.51. The van der Waals surface area contributed by atoms with Crippen LogP contribution in [-0.4, -0.2) is 53.7 Å². The Morgan fingerprint density at radius 2 is 1.81 bits per heavy atom. The second-order valence-corrected chi connectivity index (χ2v) is 9.63. The predicted octanol–water partition coefficient (Wildman–Crippen LogP) is 3.10. The average Bonchev–Trinajstić information content (AvgIpc) is 3.20. The molecule has 162 valence electrons. The maximum Gasteiger partial charge on any atom is 0.242 e. The Labute approximate surface area is 183 Å². The normalized spacial score (nSPS) is 11.9. The predicted molar refractivity (Wildman–Crippen MR) is 118 cm³/mol. The number of carbonyl (C=O) groups is 1. The molecule has 31 heavy (non-hydrogen) atoms. The van der Waals surface area contributed by atoms with Gasteiger partial charge in [-0.15, -0.1) is 5.10 Å². The number of rotatable bonds is 8. The van der Waals surface area contributed by atoms with Gasteiger partial charge >= 0.3 is 0 Å².